The van der Waals surface area contributed by atoms with Gasteiger partial charge in [-0.15, -0.1) is 0 Å². The fourth-order valence-electron chi connectivity index (χ4n) is 2.91. The molecule has 1 aliphatic heterocycles. The van der Waals surface area contributed by atoms with Crippen molar-refractivity contribution in [2.24, 2.45) is 0 Å². The van der Waals surface area contributed by atoms with Gasteiger partial charge < -0.3 is 15.3 Å². The normalized spacial score (nSPS) is 17.9. The second kappa shape index (κ2) is 8.15. The first-order valence-corrected chi connectivity index (χ1v) is 7.87. The Kier molecular flexibility index (Phi) is 6.21. The van der Waals surface area contributed by atoms with Crippen LogP contribution in [0.3, 0.4) is 0 Å². The standard InChI is InChI=1S/C17H26N2O2/c1-14-5-2-3-6-15(14)8-9-17(21)19(11-12-20)13-16-7-4-10-18-16/h2-3,5-6,16,18,20H,4,7-13H2,1H3. The van der Waals surface area contributed by atoms with Gasteiger partial charge in [-0.05, 0) is 43.9 Å². The number of hydrogen-bond donors (Lipinski definition) is 2. The van der Waals surface area contributed by atoms with Gasteiger partial charge in [0, 0.05) is 25.6 Å². The molecule has 1 aliphatic rings. The highest BCUT2D eigenvalue weighted by molar-refractivity contribution is 5.76. The maximum Gasteiger partial charge on any atom is 0.223 e. The predicted octanol–water partition coefficient (Wildman–Crippen LogP) is 1.50. The van der Waals surface area contributed by atoms with Gasteiger partial charge in [-0.1, -0.05) is 24.3 Å². The zero-order valence-electron chi connectivity index (χ0n) is 12.8. The van der Waals surface area contributed by atoms with Gasteiger partial charge in [-0.25, -0.2) is 0 Å². The summed E-state index contributed by atoms with van der Waals surface area (Å²) >= 11 is 0. The van der Waals surface area contributed by atoms with Crippen LogP contribution in [-0.4, -0.2) is 48.2 Å². The van der Waals surface area contributed by atoms with Crippen molar-refractivity contribution in [3.63, 3.8) is 0 Å². The summed E-state index contributed by atoms with van der Waals surface area (Å²) in [5.41, 5.74) is 2.46. The number of nitrogens with zero attached hydrogens (tertiary/aromatic N) is 1. The highest BCUT2D eigenvalue weighted by Gasteiger charge is 2.21. The van der Waals surface area contributed by atoms with Crippen LogP contribution < -0.4 is 5.32 Å². The lowest BCUT2D eigenvalue weighted by atomic mass is 10.0. The monoisotopic (exact) mass is 290 g/mol. The molecular weight excluding hydrogens is 264 g/mol. The summed E-state index contributed by atoms with van der Waals surface area (Å²) in [6, 6.07) is 8.58. The Morgan fingerprint density at radius 2 is 2.24 bits per heavy atom. The molecule has 1 aromatic rings. The van der Waals surface area contributed by atoms with Gasteiger partial charge in [0.15, 0.2) is 0 Å². The maximum atomic E-state index is 12.4. The molecule has 4 heteroatoms. The third-order valence-electron chi connectivity index (χ3n) is 4.20. The summed E-state index contributed by atoms with van der Waals surface area (Å²) in [5, 5.41) is 12.6. The Morgan fingerprint density at radius 1 is 1.43 bits per heavy atom. The summed E-state index contributed by atoms with van der Waals surface area (Å²) < 4.78 is 0. The van der Waals surface area contributed by atoms with E-state index in [4.69, 9.17) is 0 Å². The highest BCUT2D eigenvalue weighted by atomic mass is 16.3. The number of aryl methyl sites for hydroxylation is 2. The number of amides is 1. The smallest absolute Gasteiger partial charge is 0.223 e. The van der Waals surface area contributed by atoms with Gasteiger partial charge in [0.25, 0.3) is 0 Å². The Balaban J connectivity index is 1.87. The molecule has 1 saturated heterocycles. The average Bonchev–Trinajstić information content (AvgIpc) is 2.99. The third kappa shape index (κ3) is 4.83. The fraction of sp³-hybridized carbons (Fsp3) is 0.588. The quantitative estimate of drug-likeness (QED) is 0.800. The number of carbonyl (C=O) groups is 1. The molecule has 0 aromatic heterocycles. The Hall–Kier alpha value is -1.39. The van der Waals surface area contributed by atoms with Crippen LogP contribution in [0.25, 0.3) is 0 Å². The molecule has 21 heavy (non-hydrogen) atoms. The van der Waals surface area contributed by atoms with Crippen molar-refractivity contribution < 1.29 is 9.90 Å². The SMILES string of the molecule is Cc1ccccc1CCC(=O)N(CCO)CC1CCCN1. The van der Waals surface area contributed by atoms with E-state index in [1.807, 2.05) is 12.1 Å². The van der Waals surface area contributed by atoms with Crippen molar-refractivity contribution in [2.75, 3.05) is 26.2 Å². The maximum absolute atomic E-state index is 12.4. The van der Waals surface area contributed by atoms with E-state index in [0.29, 0.717) is 25.6 Å². The summed E-state index contributed by atoms with van der Waals surface area (Å²) in [6.45, 7) is 4.30. The van der Waals surface area contributed by atoms with E-state index in [1.165, 1.54) is 17.5 Å². The van der Waals surface area contributed by atoms with Gasteiger partial charge in [0.1, 0.15) is 0 Å². The van der Waals surface area contributed by atoms with Crippen LogP contribution in [0.15, 0.2) is 24.3 Å². The first kappa shape index (κ1) is 16.0. The topological polar surface area (TPSA) is 52.6 Å². The number of aliphatic hydroxyl groups is 1. The molecule has 1 fully saturated rings. The minimum absolute atomic E-state index is 0.0306. The number of benzene rings is 1. The number of aliphatic hydroxyl groups excluding tert-OH is 1. The number of carbonyl (C=O) groups excluding carboxylic acids is 1. The highest BCUT2D eigenvalue weighted by Crippen LogP contribution is 2.12. The van der Waals surface area contributed by atoms with E-state index in [9.17, 15) is 9.90 Å². The number of nitrogens with one attached hydrogen (secondary N) is 1. The predicted molar refractivity (Wildman–Crippen MR) is 84.2 cm³/mol. The molecule has 1 heterocycles. The first-order chi connectivity index (χ1) is 10.2. The van der Waals surface area contributed by atoms with E-state index >= 15 is 0 Å². The molecule has 0 radical (unpaired) electrons. The van der Waals surface area contributed by atoms with E-state index in [0.717, 1.165) is 19.4 Å². The Morgan fingerprint density at radius 3 is 2.90 bits per heavy atom. The van der Waals surface area contributed by atoms with E-state index < -0.39 is 0 Å². The summed E-state index contributed by atoms with van der Waals surface area (Å²) in [5.74, 6) is 0.140. The van der Waals surface area contributed by atoms with Crippen LogP contribution >= 0.6 is 0 Å². The molecule has 1 aromatic carbocycles. The molecule has 0 bridgehead atoms. The fourth-order valence-corrected chi connectivity index (χ4v) is 2.91. The van der Waals surface area contributed by atoms with Crippen molar-refractivity contribution in [1.29, 1.82) is 0 Å². The van der Waals surface area contributed by atoms with Gasteiger partial charge in [-0.3, -0.25) is 4.79 Å². The van der Waals surface area contributed by atoms with Crippen molar-refractivity contribution in [1.82, 2.24) is 10.2 Å². The molecule has 1 atom stereocenters. The Labute approximate surface area is 127 Å². The van der Waals surface area contributed by atoms with Crippen LogP contribution in [0.2, 0.25) is 0 Å². The van der Waals surface area contributed by atoms with Crippen LogP contribution in [0.5, 0.6) is 0 Å². The van der Waals surface area contributed by atoms with Crippen LogP contribution in [0.4, 0.5) is 0 Å². The second-order valence-corrected chi connectivity index (χ2v) is 5.78. The van der Waals surface area contributed by atoms with Crippen LogP contribution in [0.1, 0.15) is 30.4 Å². The van der Waals surface area contributed by atoms with Crippen molar-refractivity contribution in [3.05, 3.63) is 35.4 Å². The summed E-state index contributed by atoms with van der Waals surface area (Å²) in [7, 11) is 0. The number of hydrogen-bond acceptors (Lipinski definition) is 3. The van der Waals surface area contributed by atoms with Crippen molar-refractivity contribution in [3.8, 4) is 0 Å². The largest absolute Gasteiger partial charge is 0.395 e. The van der Waals surface area contributed by atoms with Gasteiger partial charge in [0.05, 0.1) is 6.61 Å². The summed E-state index contributed by atoms with van der Waals surface area (Å²) in [6.07, 6.45) is 3.57. The number of rotatable bonds is 7. The molecule has 116 valence electrons. The molecule has 0 saturated carbocycles. The van der Waals surface area contributed by atoms with Crippen LogP contribution in [-0.2, 0) is 11.2 Å². The van der Waals surface area contributed by atoms with E-state index in [2.05, 4.69) is 24.4 Å². The molecule has 1 amide bonds. The van der Waals surface area contributed by atoms with E-state index in [1.54, 1.807) is 4.90 Å². The summed E-state index contributed by atoms with van der Waals surface area (Å²) in [4.78, 5) is 14.2. The molecular formula is C17H26N2O2. The van der Waals surface area contributed by atoms with Crippen molar-refractivity contribution >= 4 is 5.91 Å². The van der Waals surface area contributed by atoms with Gasteiger partial charge in [0.2, 0.25) is 5.91 Å². The third-order valence-corrected chi connectivity index (χ3v) is 4.20. The molecule has 2 rings (SSSR count). The second-order valence-electron chi connectivity index (χ2n) is 5.78. The lowest BCUT2D eigenvalue weighted by molar-refractivity contribution is -0.132. The molecule has 2 N–H and O–H groups in total. The van der Waals surface area contributed by atoms with Gasteiger partial charge >= 0.3 is 0 Å². The molecule has 4 nitrogen and oxygen atoms in total. The lowest BCUT2D eigenvalue weighted by Gasteiger charge is -2.25. The van der Waals surface area contributed by atoms with E-state index in [-0.39, 0.29) is 12.5 Å². The zero-order chi connectivity index (χ0) is 15.1. The minimum Gasteiger partial charge on any atom is -0.395 e. The average molecular weight is 290 g/mol. The Bertz CT molecular complexity index is 456. The molecule has 0 spiro atoms. The van der Waals surface area contributed by atoms with Crippen LogP contribution in [0, 0.1) is 6.92 Å². The zero-order valence-corrected chi connectivity index (χ0v) is 12.8. The van der Waals surface area contributed by atoms with Crippen molar-refractivity contribution in [2.45, 2.75) is 38.6 Å². The lowest BCUT2D eigenvalue weighted by Crippen LogP contribution is -2.42. The molecule has 1 unspecified atom stereocenters. The van der Waals surface area contributed by atoms with Gasteiger partial charge in [-0.2, -0.15) is 0 Å². The minimum atomic E-state index is 0.0306. The molecule has 0 aliphatic carbocycles. The first-order valence-electron chi connectivity index (χ1n) is 7.87.